The van der Waals surface area contributed by atoms with Crippen LogP contribution in [0.2, 0.25) is 0 Å². The lowest BCUT2D eigenvalue weighted by Crippen LogP contribution is -2.40. The summed E-state index contributed by atoms with van der Waals surface area (Å²) in [6.45, 7) is 4.32. The summed E-state index contributed by atoms with van der Waals surface area (Å²) in [5.74, 6) is -1.17. The van der Waals surface area contributed by atoms with Crippen LogP contribution < -0.4 is 5.32 Å². The van der Waals surface area contributed by atoms with Gasteiger partial charge in [0.15, 0.2) is 0 Å². The molecule has 0 aliphatic rings. The number of aliphatic carboxylic acids is 1. The Labute approximate surface area is 108 Å². The summed E-state index contributed by atoms with van der Waals surface area (Å²) >= 11 is 0. The van der Waals surface area contributed by atoms with E-state index in [-0.39, 0.29) is 18.6 Å². The molecular weight excluding hydrogens is 230 g/mol. The van der Waals surface area contributed by atoms with Gasteiger partial charge in [-0.1, -0.05) is 44.2 Å². The molecule has 1 aromatic carbocycles. The molecule has 0 bridgehead atoms. The summed E-state index contributed by atoms with van der Waals surface area (Å²) < 4.78 is 0. The summed E-state index contributed by atoms with van der Waals surface area (Å²) in [5, 5.41) is 21.6. The molecule has 100 valence electrons. The Morgan fingerprint density at radius 3 is 2.33 bits per heavy atom. The Morgan fingerprint density at radius 1 is 1.28 bits per heavy atom. The van der Waals surface area contributed by atoms with Crippen molar-refractivity contribution in [2.75, 3.05) is 13.2 Å². The van der Waals surface area contributed by atoms with E-state index in [1.807, 2.05) is 44.2 Å². The molecule has 0 spiro atoms. The van der Waals surface area contributed by atoms with Crippen LogP contribution in [0.4, 0.5) is 0 Å². The number of aliphatic hydroxyl groups is 1. The SMILES string of the molecule is CC(C)[C@@H](CO)NCC(C(=O)O)c1ccccc1. The second-order valence-corrected chi connectivity index (χ2v) is 4.74. The molecular formula is C14H21NO3. The van der Waals surface area contributed by atoms with Crippen molar-refractivity contribution in [3.05, 3.63) is 35.9 Å². The van der Waals surface area contributed by atoms with Gasteiger partial charge in [-0.3, -0.25) is 4.79 Å². The topological polar surface area (TPSA) is 69.6 Å². The van der Waals surface area contributed by atoms with Gasteiger partial charge in [-0.15, -0.1) is 0 Å². The third-order valence-electron chi connectivity index (χ3n) is 3.09. The Bertz CT molecular complexity index is 365. The normalized spacial score (nSPS) is 14.4. The molecule has 0 saturated carbocycles. The first-order valence-electron chi connectivity index (χ1n) is 6.18. The highest BCUT2D eigenvalue weighted by Gasteiger charge is 2.21. The van der Waals surface area contributed by atoms with Gasteiger partial charge in [0.05, 0.1) is 12.5 Å². The molecule has 2 atom stereocenters. The summed E-state index contributed by atoms with van der Waals surface area (Å²) in [6, 6.07) is 9.07. The maximum Gasteiger partial charge on any atom is 0.312 e. The number of aliphatic hydroxyl groups excluding tert-OH is 1. The summed E-state index contributed by atoms with van der Waals surface area (Å²) in [4.78, 5) is 11.3. The fraction of sp³-hybridized carbons (Fsp3) is 0.500. The Kier molecular flexibility index (Phi) is 5.82. The highest BCUT2D eigenvalue weighted by atomic mass is 16.4. The van der Waals surface area contributed by atoms with E-state index >= 15 is 0 Å². The molecule has 0 saturated heterocycles. The van der Waals surface area contributed by atoms with E-state index in [9.17, 15) is 15.0 Å². The van der Waals surface area contributed by atoms with Crippen molar-refractivity contribution in [1.29, 1.82) is 0 Å². The average Bonchev–Trinajstić information content (AvgIpc) is 2.35. The maximum absolute atomic E-state index is 11.3. The first-order chi connectivity index (χ1) is 8.56. The number of hydrogen-bond acceptors (Lipinski definition) is 3. The minimum absolute atomic E-state index is 0.0127. The van der Waals surface area contributed by atoms with E-state index in [2.05, 4.69) is 5.32 Å². The van der Waals surface area contributed by atoms with Gasteiger partial charge in [0.2, 0.25) is 0 Å². The predicted molar refractivity (Wildman–Crippen MR) is 70.5 cm³/mol. The largest absolute Gasteiger partial charge is 0.481 e. The third kappa shape index (κ3) is 4.13. The van der Waals surface area contributed by atoms with E-state index in [0.29, 0.717) is 6.54 Å². The molecule has 1 aromatic rings. The molecule has 0 heterocycles. The summed E-state index contributed by atoms with van der Waals surface area (Å²) in [7, 11) is 0. The van der Waals surface area contributed by atoms with Crippen LogP contribution in [-0.4, -0.2) is 35.4 Å². The lowest BCUT2D eigenvalue weighted by molar-refractivity contribution is -0.138. The van der Waals surface area contributed by atoms with Crippen molar-refractivity contribution in [3.8, 4) is 0 Å². The highest BCUT2D eigenvalue weighted by Crippen LogP contribution is 2.15. The standard InChI is InChI=1S/C14H21NO3/c1-10(2)13(9-16)15-8-12(14(17)18)11-6-4-3-5-7-11/h3-7,10,12-13,15-16H,8-9H2,1-2H3,(H,17,18)/t12?,13-/m1/s1. The van der Waals surface area contributed by atoms with Crippen molar-refractivity contribution in [2.24, 2.45) is 5.92 Å². The highest BCUT2D eigenvalue weighted by molar-refractivity contribution is 5.76. The third-order valence-corrected chi connectivity index (χ3v) is 3.09. The van der Waals surface area contributed by atoms with Crippen molar-refractivity contribution in [3.63, 3.8) is 0 Å². The number of nitrogens with one attached hydrogen (secondary N) is 1. The molecule has 0 amide bonds. The summed E-state index contributed by atoms with van der Waals surface area (Å²) in [6.07, 6.45) is 0. The molecule has 0 aliphatic carbocycles. The number of carboxylic acid groups (broad SMARTS) is 1. The molecule has 1 rings (SSSR count). The minimum Gasteiger partial charge on any atom is -0.481 e. The van der Waals surface area contributed by atoms with E-state index in [1.165, 1.54) is 0 Å². The number of rotatable bonds is 7. The molecule has 18 heavy (non-hydrogen) atoms. The summed E-state index contributed by atoms with van der Waals surface area (Å²) in [5.41, 5.74) is 0.776. The molecule has 1 unspecified atom stereocenters. The van der Waals surface area contributed by atoms with Gasteiger partial charge in [-0.25, -0.2) is 0 Å². The van der Waals surface area contributed by atoms with Crippen LogP contribution in [0.1, 0.15) is 25.3 Å². The second-order valence-electron chi connectivity index (χ2n) is 4.74. The van der Waals surface area contributed by atoms with Crippen LogP contribution in [0.15, 0.2) is 30.3 Å². The van der Waals surface area contributed by atoms with Gasteiger partial charge in [-0.2, -0.15) is 0 Å². The zero-order valence-corrected chi connectivity index (χ0v) is 10.8. The van der Waals surface area contributed by atoms with Gasteiger partial charge in [0.1, 0.15) is 0 Å². The van der Waals surface area contributed by atoms with Crippen molar-refractivity contribution < 1.29 is 15.0 Å². The maximum atomic E-state index is 11.3. The van der Waals surface area contributed by atoms with Gasteiger partial charge in [0, 0.05) is 12.6 Å². The zero-order valence-electron chi connectivity index (χ0n) is 10.8. The lowest BCUT2D eigenvalue weighted by Gasteiger charge is -2.22. The first-order valence-corrected chi connectivity index (χ1v) is 6.18. The van der Waals surface area contributed by atoms with E-state index in [1.54, 1.807) is 0 Å². The molecule has 0 aromatic heterocycles. The molecule has 0 radical (unpaired) electrons. The molecule has 4 heteroatoms. The van der Waals surface area contributed by atoms with Crippen LogP contribution in [-0.2, 0) is 4.79 Å². The van der Waals surface area contributed by atoms with E-state index in [0.717, 1.165) is 5.56 Å². The van der Waals surface area contributed by atoms with Gasteiger partial charge < -0.3 is 15.5 Å². The van der Waals surface area contributed by atoms with Gasteiger partial charge in [-0.05, 0) is 11.5 Å². The first kappa shape index (κ1) is 14.7. The van der Waals surface area contributed by atoms with Crippen LogP contribution in [0.5, 0.6) is 0 Å². The van der Waals surface area contributed by atoms with Crippen molar-refractivity contribution in [2.45, 2.75) is 25.8 Å². The monoisotopic (exact) mass is 251 g/mol. The number of carbonyl (C=O) groups is 1. The Morgan fingerprint density at radius 2 is 1.89 bits per heavy atom. The average molecular weight is 251 g/mol. The number of hydrogen-bond donors (Lipinski definition) is 3. The van der Waals surface area contributed by atoms with Crippen LogP contribution in [0.25, 0.3) is 0 Å². The zero-order chi connectivity index (χ0) is 13.5. The van der Waals surface area contributed by atoms with Crippen LogP contribution in [0.3, 0.4) is 0 Å². The second kappa shape index (κ2) is 7.13. The van der Waals surface area contributed by atoms with Gasteiger partial charge in [0.25, 0.3) is 0 Å². The smallest absolute Gasteiger partial charge is 0.312 e. The quantitative estimate of drug-likeness (QED) is 0.686. The minimum atomic E-state index is -0.853. The van der Waals surface area contributed by atoms with E-state index in [4.69, 9.17) is 0 Å². The molecule has 0 fully saturated rings. The van der Waals surface area contributed by atoms with Crippen molar-refractivity contribution >= 4 is 5.97 Å². The fourth-order valence-electron chi connectivity index (χ4n) is 1.81. The van der Waals surface area contributed by atoms with Crippen molar-refractivity contribution in [1.82, 2.24) is 5.32 Å². The van der Waals surface area contributed by atoms with Crippen LogP contribution >= 0.6 is 0 Å². The molecule has 0 aliphatic heterocycles. The fourth-order valence-corrected chi connectivity index (χ4v) is 1.81. The lowest BCUT2D eigenvalue weighted by atomic mass is 9.98. The van der Waals surface area contributed by atoms with Crippen LogP contribution in [0, 0.1) is 5.92 Å². The van der Waals surface area contributed by atoms with E-state index < -0.39 is 11.9 Å². The number of carboxylic acids is 1. The Balaban J connectivity index is 2.68. The molecule has 3 N–H and O–H groups in total. The predicted octanol–water partition coefficient (Wildman–Crippen LogP) is 1.46. The molecule has 4 nitrogen and oxygen atoms in total. The van der Waals surface area contributed by atoms with Gasteiger partial charge >= 0.3 is 5.97 Å². The Hall–Kier alpha value is -1.39. The number of benzene rings is 1.